The van der Waals surface area contributed by atoms with Gasteiger partial charge in [-0.25, -0.2) is 0 Å². The molecule has 0 heterocycles. The third-order valence-corrected chi connectivity index (χ3v) is 1.49. The first kappa shape index (κ1) is 10.9. The molecule has 0 aromatic heterocycles. The van der Waals surface area contributed by atoms with Crippen molar-refractivity contribution >= 4 is 0 Å². The molecule has 0 spiro atoms. The highest BCUT2D eigenvalue weighted by Gasteiger charge is 2.02. The van der Waals surface area contributed by atoms with Gasteiger partial charge in [-0.05, 0) is 19.4 Å². The summed E-state index contributed by atoms with van der Waals surface area (Å²) in [6.45, 7) is 5.03. The fourth-order valence-electron chi connectivity index (χ4n) is 0.832. The number of nitrogens with one attached hydrogen (secondary N) is 1. The molecule has 1 atom stereocenters. The van der Waals surface area contributed by atoms with E-state index < -0.39 is 0 Å². The van der Waals surface area contributed by atoms with Gasteiger partial charge in [0.1, 0.15) is 0 Å². The van der Waals surface area contributed by atoms with E-state index in [1.807, 2.05) is 0 Å². The third-order valence-electron chi connectivity index (χ3n) is 1.49. The zero-order valence-electron chi connectivity index (χ0n) is 7.38. The Balaban J connectivity index is 3.10. The van der Waals surface area contributed by atoms with Gasteiger partial charge in [0, 0.05) is 12.6 Å². The quantitative estimate of drug-likeness (QED) is 0.518. The van der Waals surface area contributed by atoms with E-state index in [0.29, 0.717) is 12.5 Å². The Morgan fingerprint density at radius 2 is 1.91 bits per heavy atom. The van der Waals surface area contributed by atoms with Crippen LogP contribution >= 0.6 is 0 Å². The maximum Gasteiger partial charge on any atom is 0.0574 e. The van der Waals surface area contributed by atoms with Crippen molar-refractivity contribution in [3.05, 3.63) is 0 Å². The average molecular weight is 161 g/mol. The number of aliphatic hydroxyl groups excluding tert-OH is 2. The first-order valence-corrected chi connectivity index (χ1v) is 4.19. The summed E-state index contributed by atoms with van der Waals surface area (Å²) >= 11 is 0. The van der Waals surface area contributed by atoms with E-state index in [4.69, 9.17) is 10.2 Å². The van der Waals surface area contributed by atoms with Crippen molar-refractivity contribution in [1.29, 1.82) is 0 Å². The van der Waals surface area contributed by atoms with Crippen molar-refractivity contribution < 1.29 is 10.2 Å². The second kappa shape index (κ2) is 6.58. The highest BCUT2D eigenvalue weighted by Crippen LogP contribution is 1.95. The van der Waals surface area contributed by atoms with Gasteiger partial charge in [-0.15, -0.1) is 0 Å². The van der Waals surface area contributed by atoms with E-state index in [-0.39, 0.29) is 12.7 Å². The van der Waals surface area contributed by atoms with Gasteiger partial charge in [-0.3, -0.25) is 0 Å². The minimum atomic E-state index is -0.355. The van der Waals surface area contributed by atoms with Gasteiger partial charge in [0.15, 0.2) is 0 Å². The zero-order chi connectivity index (χ0) is 8.69. The monoisotopic (exact) mass is 161 g/mol. The lowest BCUT2D eigenvalue weighted by Crippen LogP contribution is -2.26. The molecule has 0 rings (SSSR count). The van der Waals surface area contributed by atoms with Crippen molar-refractivity contribution in [3.63, 3.8) is 0 Å². The van der Waals surface area contributed by atoms with Crippen molar-refractivity contribution in [1.82, 2.24) is 5.32 Å². The Bertz CT molecular complexity index is 86.2. The van der Waals surface area contributed by atoms with Crippen LogP contribution in [-0.2, 0) is 0 Å². The fraction of sp³-hybridized carbons (Fsp3) is 1.00. The lowest BCUT2D eigenvalue weighted by atomic mass is 10.2. The Hall–Kier alpha value is -0.120. The maximum absolute atomic E-state index is 9.16. The van der Waals surface area contributed by atoms with Gasteiger partial charge in [0.25, 0.3) is 0 Å². The molecule has 3 nitrogen and oxygen atoms in total. The summed E-state index contributed by atoms with van der Waals surface area (Å²) in [7, 11) is 0. The minimum absolute atomic E-state index is 0.0723. The molecule has 0 fully saturated rings. The maximum atomic E-state index is 9.16. The lowest BCUT2D eigenvalue weighted by Gasteiger charge is -2.11. The summed E-state index contributed by atoms with van der Waals surface area (Å²) in [5, 5.41) is 20.8. The number of hydrogen-bond acceptors (Lipinski definition) is 3. The predicted octanol–water partition coefficient (Wildman–Crippen LogP) is 0.118. The molecule has 3 heteroatoms. The van der Waals surface area contributed by atoms with Crippen LogP contribution in [0.4, 0.5) is 0 Å². The van der Waals surface area contributed by atoms with Crippen molar-refractivity contribution in [2.45, 2.75) is 38.8 Å². The summed E-state index contributed by atoms with van der Waals surface area (Å²) in [5.41, 5.74) is 0. The highest BCUT2D eigenvalue weighted by molar-refractivity contribution is 4.59. The predicted molar refractivity (Wildman–Crippen MR) is 45.5 cm³/mol. The molecule has 0 saturated carbocycles. The Kier molecular flexibility index (Phi) is 6.51. The van der Waals surface area contributed by atoms with Gasteiger partial charge in [-0.1, -0.05) is 13.8 Å². The SMILES string of the molecule is CC(C)NCCC(O)CCO. The van der Waals surface area contributed by atoms with Crippen molar-refractivity contribution in [2.24, 2.45) is 0 Å². The van der Waals surface area contributed by atoms with Gasteiger partial charge in [0.2, 0.25) is 0 Å². The van der Waals surface area contributed by atoms with Crippen LogP contribution in [0, 0.1) is 0 Å². The van der Waals surface area contributed by atoms with E-state index in [0.717, 1.165) is 13.0 Å². The van der Waals surface area contributed by atoms with E-state index >= 15 is 0 Å². The van der Waals surface area contributed by atoms with Crippen LogP contribution in [0.5, 0.6) is 0 Å². The van der Waals surface area contributed by atoms with E-state index in [1.54, 1.807) is 0 Å². The summed E-state index contributed by atoms with van der Waals surface area (Å²) < 4.78 is 0. The molecule has 0 saturated heterocycles. The van der Waals surface area contributed by atoms with Gasteiger partial charge < -0.3 is 15.5 Å². The Labute approximate surface area is 68.4 Å². The zero-order valence-corrected chi connectivity index (χ0v) is 7.38. The molecule has 0 aromatic carbocycles. The molecule has 0 bridgehead atoms. The van der Waals surface area contributed by atoms with Gasteiger partial charge >= 0.3 is 0 Å². The molecule has 0 aliphatic carbocycles. The fourth-order valence-corrected chi connectivity index (χ4v) is 0.832. The molecule has 11 heavy (non-hydrogen) atoms. The van der Waals surface area contributed by atoms with Crippen LogP contribution in [0.15, 0.2) is 0 Å². The van der Waals surface area contributed by atoms with Crippen LogP contribution in [-0.4, -0.2) is 35.5 Å². The van der Waals surface area contributed by atoms with Crippen LogP contribution in [0.1, 0.15) is 26.7 Å². The Morgan fingerprint density at radius 3 is 2.36 bits per heavy atom. The highest BCUT2D eigenvalue weighted by atomic mass is 16.3. The molecule has 0 radical (unpaired) electrons. The first-order chi connectivity index (χ1) is 5.16. The van der Waals surface area contributed by atoms with Crippen LogP contribution in [0.2, 0.25) is 0 Å². The second-order valence-electron chi connectivity index (χ2n) is 3.06. The number of hydrogen-bond donors (Lipinski definition) is 3. The van der Waals surface area contributed by atoms with Crippen LogP contribution in [0.3, 0.4) is 0 Å². The second-order valence-corrected chi connectivity index (χ2v) is 3.06. The van der Waals surface area contributed by atoms with Gasteiger partial charge in [0.05, 0.1) is 6.10 Å². The standard InChI is InChI=1S/C8H19NO2/c1-7(2)9-5-3-8(11)4-6-10/h7-11H,3-6H2,1-2H3. The Morgan fingerprint density at radius 1 is 1.27 bits per heavy atom. The number of aliphatic hydroxyl groups is 2. The molecule has 1 unspecified atom stereocenters. The minimum Gasteiger partial charge on any atom is -0.396 e. The summed E-state index contributed by atoms with van der Waals surface area (Å²) in [4.78, 5) is 0. The molecular weight excluding hydrogens is 142 g/mol. The molecule has 68 valence electrons. The van der Waals surface area contributed by atoms with Crippen LogP contribution in [0.25, 0.3) is 0 Å². The summed E-state index contributed by atoms with van der Waals surface area (Å²) in [6, 6.07) is 0.469. The largest absolute Gasteiger partial charge is 0.396 e. The van der Waals surface area contributed by atoms with E-state index in [1.165, 1.54) is 0 Å². The lowest BCUT2D eigenvalue weighted by molar-refractivity contribution is 0.124. The molecule has 0 aliphatic rings. The van der Waals surface area contributed by atoms with Crippen LogP contribution < -0.4 is 5.32 Å². The average Bonchev–Trinajstić information content (AvgIpc) is 1.87. The third kappa shape index (κ3) is 7.78. The normalized spacial score (nSPS) is 13.9. The molecular formula is C8H19NO2. The van der Waals surface area contributed by atoms with Gasteiger partial charge in [-0.2, -0.15) is 0 Å². The number of rotatable bonds is 6. The van der Waals surface area contributed by atoms with E-state index in [2.05, 4.69) is 19.2 Å². The first-order valence-electron chi connectivity index (χ1n) is 4.19. The summed E-state index contributed by atoms with van der Waals surface area (Å²) in [6.07, 6.45) is 0.852. The molecule has 3 N–H and O–H groups in total. The molecule has 0 aromatic rings. The van der Waals surface area contributed by atoms with E-state index in [9.17, 15) is 0 Å². The summed E-state index contributed by atoms with van der Waals surface area (Å²) in [5.74, 6) is 0. The van der Waals surface area contributed by atoms with Crippen molar-refractivity contribution in [3.8, 4) is 0 Å². The molecule has 0 amide bonds. The smallest absolute Gasteiger partial charge is 0.0574 e. The topological polar surface area (TPSA) is 52.5 Å². The molecule has 0 aliphatic heterocycles. The van der Waals surface area contributed by atoms with Crippen molar-refractivity contribution in [2.75, 3.05) is 13.2 Å².